The van der Waals surface area contributed by atoms with Gasteiger partial charge < -0.3 is 14.3 Å². The summed E-state index contributed by atoms with van der Waals surface area (Å²) in [6.45, 7) is 13.4. The third-order valence-corrected chi connectivity index (χ3v) is 16.0. The van der Waals surface area contributed by atoms with Gasteiger partial charge in [0.05, 0.1) is 16.6 Å². The van der Waals surface area contributed by atoms with Crippen molar-refractivity contribution in [3.8, 4) is 5.75 Å². The van der Waals surface area contributed by atoms with Crippen molar-refractivity contribution in [3.05, 3.63) is 59.2 Å². The molecule has 3 aliphatic carbocycles. The Morgan fingerprint density at radius 3 is 2.40 bits per heavy atom. The summed E-state index contributed by atoms with van der Waals surface area (Å²) in [6.07, 6.45) is 4.14. The number of hydrogen-bond donors (Lipinski definition) is 2. The van der Waals surface area contributed by atoms with Gasteiger partial charge >= 0.3 is 5.97 Å². The molecule has 5 rings (SSSR count). The van der Waals surface area contributed by atoms with Gasteiger partial charge in [0.15, 0.2) is 8.32 Å². The van der Waals surface area contributed by atoms with E-state index in [-0.39, 0.29) is 21.5 Å². The Morgan fingerprint density at radius 1 is 1.10 bits per heavy atom. The quantitative estimate of drug-likeness (QED) is 0.323. The number of esters is 1. The second-order valence-corrected chi connectivity index (χ2v) is 20.2. The molecule has 0 saturated heterocycles. The third kappa shape index (κ3) is 5.14. The Kier molecular flexibility index (Phi) is 7.30. The number of aromatic hydroxyl groups is 1. The normalized spacial score (nSPS) is 30.2. The molecule has 2 saturated carbocycles. The van der Waals surface area contributed by atoms with Crippen LogP contribution in [0.2, 0.25) is 18.1 Å². The number of carbonyl (C=O) groups excluding carboxylic acids is 1. The summed E-state index contributed by atoms with van der Waals surface area (Å²) in [6, 6.07) is 11.4. The zero-order chi connectivity index (χ0) is 29.3. The zero-order valence-corrected chi connectivity index (χ0v) is 26.3. The zero-order valence-electron chi connectivity index (χ0n) is 24.4. The molecule has 40 heavy (non-hydrogen) atoms. The summed E-state index contributed by atoms with van der Waals surface area (Å²) in [5.41, 5.74) is 2.67. The standard InChI is InChI=1S/C31H43NO6SSi/c1-30(2,3)40(5,6)38-27-18-26-25-13-9-20-17-21(33)10-14-23(20)24(25)15-16-31(26,4)28(27)37-29(34)19-7-11-22(12-8-19)39(32,35)36/h7-8,10-12,14,17,24-28,33H,9,13,15-16,18H2,1-6H3,(H2,32,35,36)/t24?,25?,26?,27-,28+,31+/m1/s1. The number of nitrogens with two attached hydrogens (primary N) is 1. The molecule has 0 amide bonds. The lowest BCUT2D eigenvalue weighted by Gasteiger charge is -2.50. The molecule has 9 heteroatoms. The first-order valence-corrected chi connectivity index (χ1v) is 18.8. The number of carbonyl (C=O) groups is 1. The van der Waals surface area contributed by atoms with Crippen LogP contribution in [-0.2, 0) is 25.6 Å². The van der Waals surface area contributed by atoms with Crippen molar-refractivity contribution < 1.29 is 27.5 Å². The van der Waals surface area contributed by atoms with Crippen molar-refractivity contribution >= 4 is 24.3 Å². The average Bonchev–Trinajstić information content (AvgIpc) is 3.13. The first-order valence-electron chi connectivity index (χ1n) is 14.3. The Bertz CT molecular complexity index is 1400. The van der Waals surface area contributed by atoms with Crippen LogP contribution >= 0.6 is 0 Å². The van der Waals surface area contributed by atoms with Gasteiger partial charge in [0.2, 0.25) is 10.0 Å². The van der Waals surface area contributed by atoms with Gasteiger partial charge in [-0.3, -0.25) is 0 Å². The van der Waals surface area contributed by atoms with Crippen molar-refractivity contribution in [2.75, 3.05) is 0 Å². The fraction of sp³-hybridized carbons (Fsp3) is 0.581. The maximum Gasteiger partial charge on any atom is 0.338 e. The van der Waals surface area contributed by atoms with Crippen LogP contribution in [0, 0.1) is 17.3 Å². The monoisotopic (exact) mass is 585 g/mol. The van der Waals surface area contributed by atoms with E-state index in [1.165, 1.54) is 35.4 Å². The fourth-order valence-corrected chi connectivity index (χ4v) is 9.20. The van der Waals surface area contributed by atoms with Gasteiger partial charge in [0.1, 0.15) is 11.9 Å². The summed E-state index contributed by atoms with van der Waals surface area (Å²) >= 11 is 0. The molecule has 0 spiro atoms. The Morgan fingerprint density at radius 2 is 1.77 bits per heavy atom. The highest BCUT2D eigenvalue weighted by Gasteiger charge is 2.61. The lowest BCUT2D eigenvalue weighted by atomic mass is 9.55. The van der Waals surface area contributed by atoms with Gasteiger partial charge in [0.25, 0.3) is 0 Å². The van der Waals surface area contributed by atoms with Crippen molar-refractivity contribution in [1.82, 2.24) is 0 Å². The van der Waals surface area contributed by atoms with E-state index in [2.05, 4.69) is 46.9 Å². The summed E-state index contributed by atoms with van der Waals surface area (Å²) in [5.74, 6) is 1.08. The molecule has 3 aliphatic rings. The number of sulfonamides is 1. The fourth-order valence-electron chi connectivity index (χ4n) is 7.35. The number of fused-ring (bicyclic) bond motifs is 5. The molecule has 0 aliphatic heterocycles. The number of benzene rings is 2. The van der Waals surface area contributed by atoms with Crippen LogP contribution in [0.1, 0.15) is 80.8 Å². The van der Waals surface area contributed by atoms with Crippen LogP contribution in [0.4, 0.5) is 0 Å². The van der Waals surface area contributed by atoms with E-state index in [0.29, 0.717) is 29.1 Å². The van der Waals surface area contributed by atoms with Crippen LogP contribution in [0.15, 0.2) is 47.4 Å². The smallest absolute Gasteiger partial charge is 0.338 e. The SMILES string of the molecule is CC(C)(C)[Si](C)(C)O[C@@H]1CC2C3CCc4cc(O)ccc4C3CC[C@]2(C)[C@H]1OC(=O)c1ccc(S(N)(=O)=O)cc1. The predicted octanol–water partition coefficient (Wildman–Crippen LogP) is 6.12. The first kappa shape index (κ1) is 29.3. The highest BCUT2D eigenvalue weighted by atomic mass is 32.2. The molecule has 0 radical (unpaired) electrons. The van der Waals surface area contributed by atoms with E-state index < -0.39 is 30.4 Å². The highest BCUT2D eigenvalue weighted by Crippen LogP contribution is 2.62. The molecule has 0 heterocycles. The number of hydrogen-bond acceptors (Lipinski definition) is 6. The van der Waals surface area contributed by atoms with Crippen LogP contribution in [0.5, 0.6) is 5.75 Å². The summed E-state index contributed by atoms with van der Waals surface area (Å²) in [4.78, 5) is 13.5. The topological polar surface area (TPSA) is 116 Å². The third-order valence-electron chi connectivity index (χ3n) is 10.5. The van der Waals surface area contributed by atoms with E-state index in [4.69, 9.17) is 14.3 Å². The first-order chi connectivity index (χ1) is 18.5. The Balaban J connectivity index is 1.47. The summed E-state index contributed by atoms with van der Waals surface area (Å²) < 4.78 is 36.8. The molecule has 2 aromatic rings. The molecule has 6 atom stereocenters. The van der Waals surface area contributed by atoms with E-state index >= 15 is 0 Å². The molecule has 3 N–H and O–H groups in total. The van der Waals surface area contributed by atoms with Crippen LogP contribution < -0.4 is 5.14 Å². The number of phenolic OH excluding ortho intramolecular Hbond substituents is 1. The van der Waals surface area contributed by atoms with Crippen LogP contribution in [0.25, 0.3) is 0 Å². The second kappa shape index (κ2) is 9.96. The summed E-state index contributed by atoms with van der Waals surface area (Å²) in [7, 11) is -6.03. The van der Waals surface area contributed by atoms with Crippen LogP contribution in [0.3, 0.4) is 0 Å². The predicted molar refractivity (Wildman–Crippen MR) is 157 cm³/mol. The Hall–Kier alpha value is -2.20. The average molecular weight is 586 g/mol. The molecule has 0 bridgehead atoms. The molecular weight excluding hydrogens is 542 g/mol. The van der Waals surface area contributed by atoms with Crippen molar-refractivity contribution in [1.29, 1.82) is 0 Å². The minimum atomic E-state index is -3.85. The van der Waals surface area contributed by atoms with E-state index in [9.17, 15) is 18.3 Å². The summed E-state index contributed by atoms with van der Waals surface area (Å²) in [5, 5.41) is 15.3. The maximum atomic E-state index is 13.5. The van der Waals surface area contributed by atoms with Crippen LogP contribution in [-0.4, -0.2) is 40.0 Å². The van der Waals surface area contributed by atoms with Gasteiger partial charge in [-0.15, -0.1) is 0 Å². The molecule has 218 valence electrons. The lowest BCUT2D eigenvalue weighted by molar-refractivity contribution is -0.0651. The largest absolute Gasteiger partial charge is 0.508 e. The van der Waals surface area contributed by atoms with Gasteiger partial charge in [0, 0.05) is 5.41 Å². The van der Waals surface area contributed by atoms with Gasteiger partial charge in [-0.05, 0) is 116 Å². The lowest BCUT2D eigenvalue weighted by Crippen LogP contribution is -2.50. The molecule has 3 unspecified atom stereocenters. The van der Waals surface area contributed by atoms with Crippen molar-refractivity contribution in [2.45, 2.75) is 101 Å². The molecule has 7 nitrogen and oxygen atoms in total. The van der Waals surface area contributed by atoms with E-state index in [1.807, 2.05) is 6.07 Å². The minimum Gasteiger partial charge on any atom is -0.508 e. The maximum absolute atomic E-state index is 13.5. The van der Waals surface area contributed by atoms with Crippen molar-refractivity contribution in [3.63, 3.8) is 0 Å². The number of aryl methyl sites for hydroxylation is 1. The van der Waals surface area contributed by atoms with Crippen molar-refractivity contribution in [2.24, 2.45) is 22.4 Å². The molecule has 2 aromatic carbocycles. The van der Waals surface area contributed by atoms with E-state index in [0.717, 1.165) is 32.1 Å². The number of rotatable bonds is 5. The second-order valence-electron chi connectivity index (χ2n) is 13.9. The Labute approximate surface area is 239 Å². The molecule has 2 fully saturated rings. The van der Waals surface area contributed by atoms with Gasteiger partial charge in [-0.2, -0.15) is 0 Å². The minimum absolute atomic E-state index is 0.00802. The molecular formula is C31H43NO6SSi. The number of ether oxygens (including phenoxy) is 1. The molecule has 0 aromatic heterocycles. The van der Waals surface area contributed by atoms with Gasteiger partial charge in [-0.1, -0.05) is 33.8 Å². The van der Waals surface area contributed by atoms with E-state index in [1.54, 1.807) is 6.07 Å². The number of primary sulfonamides is 1. The highest BCUT2D eigenvalue weighted by molar-refractivity contribution is 7.89. The number of phenols is 1. The van der Waals surface area contributed by atoms with Gasteiger partial charge in [-0.25, -0.2) is 18.4 Å².